The maximum atomic E-state index is 11.7. The molecule has 0 radical (unpaired) electrons. The lowest BCUT2D eigenvalue weighted by atomic mass is 10.1. The number of carbonyl (C=O) groups is 5. The van der Waals surface area contributed by atoms with Gasteiger partial charge in [0.25, 0.3) is 0 Å². The van der Waals surface area contributed by atoms with Crippen molar-refractivity contribution in [3.8, 4) is 0 Å². The van der Waals surface area contributed by atoms with E-state index in [0.29, 0.717) is 48.3 Å². The molecule has 0 bridgehead atoms. The summed E-state index contributed by atoms with van der Waals surface area (Å²) in [5, 5.41) is 0. The molecule has 0 aliphatic heterocycles. The number of ether oxygens (including phenoxy) is 3. The van der Waals surface area contributed by atoms with Crippen LogP contribution in [0.15, 0.2) is 127 Å². The monoisotopic (exact) mass is 976 g/mol. The lowest BCUT2D eigenvalue weighted by Crippen LogP contribution is -2.20. The van der Waals surface area contributed by atoms with Gasteiger partial charge in [-0.05, 0) is 149 Å². The van der Waals surface area contributed by atoms with Gasteiger partial charge in [-0.15, -0.1) is 0 Å². The van der Waals surface area contributed by atoms with Crippen molar-refractivity contribution in [3.05, 3.63) is 155 Å². The van der Waals surface area contributed by atoms with Crippen LogP contribution in [0.4, 0.5) is 22.7 Å². The van der Waals surface area contributed by atoms with E-state index < -0.39 is 0 Å². The van der Waals surface area contributed by atoms with E-state index in [1.807, 2.05) is 200 Å². The Morgan fingerprint density at radius 1 is 0.408 bits per heavy atom. The van der Waals surface area contributed by atoms with Crippen LogP contribution in [0.2, 0.25) is 0 Å². The van der Waals surface area contributed by atoms with Gasteiger partial charge in [-0.2, -0.15) is 0 Å². The molecule has 5 rings (SSSR count). The van der Waals surface area contributed by atoms with Crippen molar-refractivity contribution < 1.29 is 38.2 Å². The summed E-state index contributed by atoms with van der Waals surface area (Å²) in [5.41, 5.74) is 7.71. The summed E-state index contributed by atoms with van der Waals surface area (Å²) in [6, 6.07) is 39.0. The van der Waals surface area contributed by atoms with E-state index >= 15 is 0 Å². The first-order valence-electron chi connectivity index (χ1n) is 23.8. The van der Waals surface area contributed by atoms with Crippen LogP contribution in [0.25, 0.3) is 0 Å². The molecular formula is C58H81N5O8. The van der Waals surface area contributed by atoms with E-state index in [2.05, 4.69) is 13.8 Å². The molecule has 0 aliphatic rings. The Morgan fingerprint density at radius 3 is 0.986 bits per heavy atom. The maximum Gasteiger partial charge on any atom is 0.338 e. The molecule has 5 aromatic rings. The molecule has 0 spiro atoms. The number of carbonyl (C=O) groups excluding carboxylic acids is 5. The fourth-order valence-electron chi connectivity index (χ4n) is 5.50. The SMILES string of the molecule is CC(=O)c1ccc(N(C)C)cc1.CC(=O)c1ccc(N(C)C)cc1.CC(C)COC(=O)c1ccc(N(C)C)cc1.CCC(C)COC(=O)c1ccc(N(C)C)cc1.CN(C)CCOC(=O)c1ccccc1. The van der Waals surface area contributed by atoms with Crippen molar-refractivity contribution in [2.75, 3.05) is 116 Å². The number of rotatable bonds is 17. The molecular weight excluding hydrogens is 895 g/mol. The molecule has 0 heterocycles. The third-order valence-electron chi connectivity index (χ3n) is 10.3. The van der Waals surface area contributed by atoms with Crippen LogP contribution in [-0.4, -0.2) is 131 Å². The van der Waals surface area contributed by atoms with Gasteiger partial charge in [-0.25, -0.2) is 14.4 Å². The number of anilines is 4. The van der Waals surface area contributed by atoms with Crippen LogP contribution in [0, 0.1) is 11.8 Å². The molecule has 0 aromatic heterocycles. The highest BCUT2D eigenvalue weighted by Gasteiger charge is 2.11. The molecule has 0 fully saturated rings. The van der Waals surface area contributed by atoms with E-state index in [-0.39, 0.29) is 29.5 Å². The second-order valence-electron chi connectivity index (χ2n) is 18.3. The zero-order valence-corrected chi connectivity index (χ0v) is 45.3. The lowest BCUT2D eigenvalue weighted by molar-refractivity contribution is 0.0442. The maximum absolute atomic E-state index is 11.7. The van der Waals surface area contributed by atoms with Crippen molar-refractivity contribution in [1.29, 1.82) is 0 Å². The van der Waals surface area contributed by atoms with E-state index in [0.717, 1.165) is 46.8 Å². The third-order valence-corrected chi connectivity index (χ3v) is 10.3. The number of benzene rings is 5. The van der Waals surface area contributed by atoms with Crippen LogP contribution in [0.1, 0.15) is 99.8 Å². The Bertz CT molecular complexity index is 2230. The molecule has 0 N–H and O–H groups in total. The molecule has 13 nitrogen and oxygen atoms in total. The average Bonchev–Trinajstić information content (AvgIpc) is 3.35. The second-order valence-corrected chi connectivity index (χ2v) is 18.3. The van der Waals surface area contributed by atoms with Gasteiger partial charge in [0, 0.05) is 96.8 Å². The highest BCUT2D eigenvalue weighted by atomic mass is 16.5. The normalized spacial score (nSPS) is 10.5. The molecule has 1 atom stereocenters. The number of Topliss-reactive ketones (excluding diaryl/α,β-unsaturated/α-hetero) is 2. The number of ketones is 2. The molecule has 0 saturated carbocycles. The van der Waals surface area contributed by atoms with Crippen molar-refractivity contribution in [2.24, 2.45) is 11.8 Å². The molecule has 13 heteroatoms. The topological polar surface area (TPSA) is 129 Å². The van der Waals surface area contributed by atoms with E-state index in [9.17, 15) is 24.0 Å². The van der Waals surface area contributed by atoms with Gasteiger partial charge in [0.2, 0.25) is 0 Å². The highest BCUT2D eigenvalue weighted by Crippen LogP contribution is 2.16. The summed E-state index contributed by atoms with van der Waals surface area (Å²) >= 11 is 0. The Morgan fingerprint density at radius 2 is 0.704 bits per heavy atom. The van der Waals surface area contributed by atoms with E-state index in [4.69, 9.17) is 14.2 Å². The zero-order valence-electron chi connectivity index (χ0n) is 45.3. The van der Waals surface area contributed by atoms with Crippen molar-refractivity contribution in [1.82, 2.24) is 4.90 Å². The molecule has 71 heavy (non-hydrogen) atoms. The summed E-state index contributed by atoms with van der Waals surface area (Å²) in [7, 11) is 19.6. The van der Waals surface area contributed by atoms with Gasteiger partial charge in [0.05, 0.1) is 29.9 Å². The number of nitrogens with zero attached hydrogens (tertiary/aromatic N) is 5. The first-order valence-corrected chi connectivity index (χ1v) is 23.8. The first kappa shape index (κ1) is 62.0. The Balaban J connectivity index is 0.000000447. The van der Waals surface area contributed by atoms with Crippen molar-refractivity contribution >= 4 is 52.2 Å². The minimum Gasteiger partial charge on any atom is -0.462 e. The summed E-state index contributed by atoms with van der Waals surface area (Å²) in [6.45, 7) is 13.5. The van der Waals surface area contributed by atoms with E-state index in [1.165, 1.54) is 0 Å². The predicted octanol–water partition coefficient (Wildman–Crippen LogP) is 10.8. The van der Waals surface area contributed by atoms with Crippen LogP contribution in [-0.2, 0) is 14.2 Å². The standard InChI is InChI=1S/C14H21NO2.C13H19NO2.C11H15NO2.2C10H13NO/c1-5-11(2)10-17-14(16)12-6-8-13(9-7-12)15(3)4;1-10(2)9-16-13(15)11-5-7-12(8-6-11)14(3)4;1-12(2)8-9-14-11(13)10-6-4-3-5-7-10;2*1-8(12)9-4-6-10(7-5-9)11(2)3/h6-9,11H,5,10H2,1-4H3;5-8,10H,9H2,1-4H3;3-7H,8-9H2,1-2H3;2*4-7H,1-3H3. The number of likely N-dealkylation sites (N-methyl/N-ethyl adjacent to an activating group) is 1. The predicted molar refractivity (Wildman–Crippen MR) is 293 cm³/mol. The Kier molecular flexibility index (Phi) is 29.3. The largest absolute Gasteiger partial charge is 0.462 e. The van der Waals surface area contributed by atoms with E-state index in [1.54, 1.807) is 50.2 Å². The van der Waals surface area contributed by atoms with Gasteiger partial charge in [-0.3, -0.25) is 9.59 Å². The van der Waals surface area contributed by atoms with Crippen molar-refractivity contribution in [2.45, 2.75) is 48.0 Å². The Labute approximate surface area is 425 Å². The zero-order chi connectivity index (χ0) is 53.6. The van der Waals surface area contributed by atoms with Crippen LogP contribution in [0.3, 0.4) is 0 Å². The molecule has 1 unspecified atom stereocenters. The number of esters is 3. The molecule has 0 aliphatic carbocycles. The molecule has 386 valence electrons. The van der Waals surface area contributed by atoms with Crippen LogP contribution < -0.4 is 19.6 Å². The quantitative estimate of drug-likeness (QED) is 0.0498. The number of hydrogen-bond donors (Lipinski definition) is 0. The fourth-order valence-corrected chi connectivity index (χ4v) is 5.50. The molecule has 5 aromatic carbocycles. The summed E-state index contributed by atoms with van der Waals surface area (Å²) in [5.74, 6) is 0.257. The Hall–Kier alpha value is -6.99. The van der Waals surface area contributed by atoms with Gasteiger partial charge in [0.15, 0.2) is 11.6 Å². The minimum absolute atomic E-state index is 0.111. The van der Waals surface area contributed by atoms with Gasteiger partial charge in [-0.1, -0.05) is 52.3 Å². The summed E-state index contributed by atoms with van der Waals surface area (Å²) in [4.78, 5) is 66.5. The summed E-state index contributed by atoms with van der Waals surface area (Å²) < 4.78 is 15.4. The fraction of sp³-hybridized carbons (Fsp3) is 0.397. The average molecular weight is 976 g/mol. The van der Waals surface area contributed by atoms with Crippen LogP contribution in [0.5, 0.6) is 0 Å². The van der Waals surface area contributed by atoms with Crippen LogP contribution >= 0.6 is 0 Å². The lowest BCUT2D eigenvalue weighted by Gasteiger charge is -2.13. The second kappa shape index (κ2) is 33.5. The smallest absolute Gasteiger partial charge is 0.338 e. The molecule has 0 amide bonds. The van der Waals surface area contributed by atoms with Gasteiger partial charge >= 0.3 is 17.9 Å². The minimum atomic E-state index is -0.257. The first-order chi connectivity index (χ1) is 33.5. The number of hydrogen-bond acceptors (Lipinski definition) is 13. The third kappa shape index (κ3) is 26.0. The van der Waals surface area contributed by atoms with Crippen molar-refractivity contribution in [3.63, 3.8) is 0 Å². The highest BCUT2D eigenvalue weighted by molar-refractivity contribution is 5.95. The van der Waals surface area contributed by atoms with Gasteiger partial charge < -0.3 is 38.7 Å². The summed E-state index contributed by atoms with van der Waals surface area (Å²) in [6.07, 6.45) is 1.02. The van der Waals surface area contributed by atoms with Gasteiger partial charge in [0.1, 0.15) is 6.61 Å². The molecule has 0 saturated heterocycles.